The molecule has 3 rings (SSSR count). The van der Waals surface area contributed by atoms with Gasteiger partial charge in [0.05, 0.1) is 17.7 Å². The number of carbonyl (C=O) groups is 1. The summed E-state index contributed by atoms with van der Waals surface area (Å²) in [5.74, 6) is -0.178. The Kier molecular flexibility index (Phi) is 4.28. The van der Waals surface area contributed by atoms with Crippen LogP contribution >= 0.6 is 11.3 Å². The summed E-state index contributed by atoms with van der Waals surface area (Å²) >= 11 is 1.47. The van der Waals surface area contributed by atoms with E-state index in [2.05, 4.69) is 15.6 Å². The number of ether oxygens (including phenoxy) is 1. The van der Waals surface area contributed by atoms with Gasteiger partial charge in [-0.1, -0.05) is 12.1 Å². The first-order chi connectivity index (χ1) is 10.2. The van der Waals surface area contributed by atoms with Crippen molar-refractivity contribution in [3.8, 4) is 0 Å². The molecule has 5 nitrogen and oxygen atoms in total. The molecule has 2 aromatic rings. The molecule has 2 N–H and O–H groups in total. The van der Waals surface area contributed by atoms with Crippen molar-refractivity contribution in [2.45, 2.75) is 13.0 Å². The zero-order chi connectivity index (χ0) is 14.7. The summed E-state index contributed by atoms with van der Waals surface area (Å²) < 4.78 is 5.70. The topological polar surface area (TPSA) is 63.2 Å². The molecule has 2 heterocycles. The van der Waals surface area contributed by atoms with E-state index in [9.17, 15) is 4.79 Å². The second-order valence-corrected chi connectivity index (χ2v) is 5.95. The van der Waals surface area contributed by atoms with E-state index < -0.39 is 0 Å². The van der Waals surface area contributed by atoms with Crippen LogP contribution in [0.1, 0.15) is 27.2 Å². The van der Waals surface area contributed by atoms with E-state index in [4.69, 9.17) is 4.74 Å². The van der Waals surface area contributed by atoms with Gasteiger partial charge < -0.3 is 15.4 Å². The Morgan fingerprint density at radius 3 is 2.86 bits per heavy atom. The van der Waals surface area contributed by atoms with Gasteiger partial charge in [0.1, 0.15) is 5.69 Å². The number of carbonyl (C=O) groups excluding carboxylic acids is 1. The van der Waals surface area contributed by atoms with Crippen molar-refractivity contribution in [3.05, 3.63) is 45.9 Å². The van der Waals surface area contributed by atoms with Gasteiger partial charge >= 0.3 is 0 Å². The van der Waals surface area contributed by atoms with E-state index in [0.29, 0.717) is 5.69 Å². The largest absolute Gasteiger partial charge is 0.371 e. The summed E-state index contributed by atoms with van der Waals surface area (Å²) in [4.78, 5) is 16.2. The SMILES string of the molecule is Cc1nc(C(=O)Nc2ccc(C3CNCCO3)cc2)cs1. The van der Waals surface area contributed by atoms with Crippen LogP contribution in [0.15, 0.2) is 29.6 Å². The molecule has 1 aliphatic rings. The van der Waals surface area contributed by atoms with Gasteiger partial charge in [0.2, 0.25) is 0 Å². The molecule has 1 atom stereocenters. The number of nitrogens with zero attached hydrogens (tertiary/aromatic N) is 1. The fourth-order valence-corrected chi connectivity index (χ4v) is 2.82. The molecule has 0 bridgehead atoms. The molecule has 0 spiro atoms. The molecule has 0 aliphatic carbocycles. The van der Waals surface area contributed by atoms with Gasteiger partial charge in [0.25, 0.3) is 5.91 Å². The quantitative estimate of drug-likeness (QED) is 0.914. The second kappa shape index (κ2) is 6.34. The number of rotatable bonds is 3. The lowest BCUT2D eigenvalue weighted by Crippen LogP contribution is -2.33. The Bertz CT molecular complexity index is 618. The van der Waals surface area contributed by atoms with Crippen LogP contribution in [0.4, 0.5) is 5.69 Å². The molecule has 0 radical (unpaired) electrons. The van der Waals surface area contributed by atoms with E-state index in [1.807, 2.05) is 31.2 Å². The number of aryl methyl sites for hydroxylation is 1. The normalized spacial score (nSPS) is 18.4. The number of morpholine rings is 1. The Hall–Kier alpha value is -1.76. The Labute approximate surface area is 127 Å². The van der Waals surface area contributed by atoms with Crippen molar-refractivity contribution in [1.82, 2.24) is 10.3 Å². The highest BCUT2D eigenvalue weighted by atomic mass is 32.1. The van der Waals surface area contributed by atoms with Gasteiger partial charge in [-0.15, -0.1) is 11.3 Å². The third kappa shape index (κ3) is 3.47. The third-order valence-electron chi connectivity index (χ3n) is 3.32. The van der Waals surface area contributed by atoms with E-state index in [1.165, 1.54) is 11.3 Å². The first-order valence-electron chi connectivity index (χ1n) is 6.88. The first kappa shape index (κ1) is 14.2. The van der Waals surface area contributed by atoms with E-state index >= 15 is 0 Å². The summed E-state index contributed by atoms with van der Waals surface area (Å²) in [5.41, 5.74) is 2.34. The van der Waals surface area contributed by atoms with E-state index in [1.54, 1.807) is 5.38 Å². The molecule has 1 fully saturated rings. The minimum absolute atomic E-state index is 0.0877. The number of benzene rings is 1. The predicted molar refractivity (Wildman–Crippen MR) is 82.8 cm³/mol. The van der Waals surface area contributed by atoms with Crippen LogP contribution in [0, 0.1) is 6.92 Å². The maximum atomic E-state index is 12.0. The van der Waals surface area contributed by atoms with Crippen molar-refractivity contribution >= 4 is 22.9 Å². The van der Waals surface area contributed by atoms with Crippen molar-refractivity contribution in [3.63, 3.8) is 0 Å². The van der Waals surface area contributed by atoms with Crippen LogP contribution in [0.5, 0.6) is 0 Å². The fraction of sp³-hybridized carbons (Fsp3) is 0.333. The average molecular weight is 303 g/mol. The number of aromatic nitrogens is 1. The number of anilines is 1. The van der Waals surface area contributed by atoms with Crippen LogP contribution in [-0.2, 0) is 4.74 Å². The summed E-state index contributed by atoms with van der Waals surface area (Å²) in [6, 6.07) is 7.76. The lowest BCUT2D eigenvalue weighted by molar-refractivity contribution is 0.0277. The van der Waals surface area contributed by atoms with E-state index in [0.717, 1.165) is 36.0 Å². The van der Waals surface area contributed by atoms with Crippen LogP contribution in [0.25, 0.3) is 0 Å². The van der Waals surface area contributed by atoms with Crippen LogP contribution in [0.2, 0.25) is 0 Å². The molecular formula is C15H17N3O2S. The van der Waals surface area contributed by atoms with Gasteiger partial charge in [0.15, 0.2) is 0 Å². The lowest BCUT2D eigenvalue weighted by atomic mass is 10.1. The highest BCUT2D eigenvalue weighted by molar-refractivity contribution is 7.09. The highest BCUT2D eigenvalue weighted by Crippen LogP contribution is 2.21. The number of nitrogens with one attached hydrogen (secondary N) is 2. The monoisotopic (exact) mass is 303 g/mol. The fourth-order valence-electron chi connectivity index (χ4n) is 2.22. The zero-order valence-corrected chi connectivity index (χ0v) is 12.6. The maximum absolute atomic E-state index is 12.0. The van der Waals surface area contributed by atoms with Gasteiger partial charge in [-0.3, -0.25) is 4.79 Å². The van der Waals surface area contributed by atoms with Gasteiger partial charge in [-0.2, -0.15) is 0 Å². The Balaban J connectivity index is 1.65. The number of amides is 1. The molecule has 1 aromatic heterocycles. The summed E-state index contributed by atoms with van der Waals surface area (Å²) in [6.45, 7) is 4.34. The zero-order valence-electron chi connectivity index (χ0n) is 11.8. The molecule has 1 aliphatic heterocycles. The lowest BCUT2D eigenvalue weighted by Gasteiger charge is -2.24. The predicted octanol–water partition coefficient (Wildman–Crippen LogP) is 2.36. The van der Waals surface area contributed by atoms with Crippen LogP contribution < -0.4 is 10.6 Å². The van der Waals surface area contributed by atoms with Gasteiger partial charge in [-0.25, -0.2) is 4.98 Å². The molecule has 1 unspecified atom stereocenters. The number of hydrogen-bond acceptors (Lipinski definition) is 5. The summed E-state index contributed by atoms with van der Waals surface area (Å²) in [7, 11) is 0. The van der Waals surface area contributed by atoms with Crippen molar-refractivity contribution in [1.29, 1.82) is 0 Å². The van der Waals surface area contributed by atoms with E-state index in [-0.39, 0.29) is 12.0 Å². The number of hydrogen-bond donors (Lipinski definition) is 2. The standard InChI is InChI=1S/C15H17N3O2S/c1-10-17-13(9-21-10)15(19)18-12-4-2-11(3-5-12)14-8-16-6-7-20-14/h2-5,9,14,16H,6-8H2,1H3,(H,18,19). The minimum Gasteiger partial charge on any atom is -0.371 e. The van der Waals surface area contributed by atoms with Gasteiger partial charge in [-0.05, 0) is 24.6 Å². The highest BCUT2D eigenvalue weighted by Gasteiger charge is 2.15. The average Bonchev–Trinajstić information content (AvgIpc) is 2.96. The Morgan fingerprint density at radius 1 is 1.43 bits per heavy atom. The minimum atomic E-state index is -0.178. The summed E-state index contributed by atoms with van der Waals surface area (Å²) in [5, 5.41) is 8.80. The molecule has 1 amide bonds. The third-order valence-corrected chi connectivity index (χ3v) is 4.09. The van der Waals surface area contributed by atoms with Crippen molar-refractivity contribution < 1.29 is 9.53 Å². The maximum Gasteiger partial charge on any atom is 0.275 e. The number of thiazole rings is 1. The second-order valence-electron chi connectivity index (χ2n) is 4.89. The molecule has 6 heteroatoms. The molecule has 0 saturated carbocycles. The Morgan fingerprint density at radius 2 is 2.24 bits per heavy atom. The molecule has 1 aromatic carbocycles. The molecule has 110 valence electrons. The van der Waals surface area contributed by atoms with Crippen molar-refractivity contribution in [2.24, 2.45) is 0 Å². The van der Waals surface area contributed by atoms with Crippen molar-refractivity contribution in [2.75, 3.05) is 25.0 Å². The van der Waals surface area contributed by atoms with Crippen LogP contribution in [-0.4, -0.2) is 30.6 Å². The molecule has 21 heavy (non-hydrogen) atoms. The summed E-state index contributed by atoms with van der Waals surface area (Å²) in [6.07, 6.45) is 0.0877. The smallest absolute Gasteiger partial charge is 0.275 e. The first-order valence-corrected chi connectivity index (χ1v) is 7.76. The van der Waals surface area contributed by atoms with Crippen LogP contribution in [0.3, 0.4) is 0 Å². The van der Waals surface area contributed by atoms with Gasteiger partial charge in [0, 0.05) is 24.2 Å². The molecular weight excluding hydrogens is 286 g/mol. The molecule has 1 saturated heterocycles.